The molecule has 1 unspecified atom stereocenters. The molecule has 1 saturated heterocycles. The number of morpholine rings is 1. The molecule has 1 aliphatic heterocycles. The highest BCUT2D eigenvalue weighted by Crippen LogP contribution is 2.15. The average Bonchev–Trinajstić information content (AvgIpc) is 3.14. The molecule has 1 fully saturated rings. The first-order chi connectivity index (χ1) is 11.4. The molecule has 0 spiro atoms. The normalized spacial score (nSPS) is 17.9. The number of carbonyl (C=O) groups is 2. The standard InChI is InChI=1S/C15H18N4O5/c1-9-16-10(2)19(17-9)7-12-6-18(3-4-23-12)14(20)13-5-11(8-24-13)15(21)22/h5,8,12H,3-4,6-7H2,1-2H3,(H,21,22). The summed E-state index contributed by atoms with van der Waals surface area (Å²) in [5.41, 5.74) is -0.0446. The topological polar surface area (TPSA) is 111 Å². The first-order valence-electron chi connectivity index (χ1n) is 7.55. The van der Waals surface area contributed by atoms with Gasteiger partial charge in [0.25, 0.3) is 5.91 Å². The highest BCUT2D eigenvalue weighted by molar-refractivity contribution is 5.95. The number of furan rings is 1. The Hall–Kier alpha value is -2.68. The predicted octanol–water partition coefficient (Wildman–Crippen LogP) is 0.727. The van der Waals surface area contributed by atoms with E-state index in [0.29, 0.717) is 32.1 Å². The molecule has 1 aliphatic rings. The molecule has 2 aromatic rings. The van der Waals surface area contributed by atoms with Gasteiger partial charge in [-0.2, -0.15) is 5.10 Å². The van der Waals surface area contributed by atoms with Crippen molar-refractivity contribution < 1.29 is 23.8 Å². The monoisotopic (exact) mass is 334 g/mol. The Bertz CT molecular complexity index is 766. The highest BCUT2D eigenvalue weighted by Gasteiger charge is 2.28. The van der Waals surface area contributed by atoms with Gasteiger partial charge in [0.15, 0.2) is 5.76 Å². The van der Waals surface area contributed by atoms with E-state index in [1.807, 2.05) is 13.8 Å². The molecule has 0 radical (unpaired) electrons. The van der Waals surface area contributed by atoms with E-state index in [2.05, 4.69) is 10.1 Å². The second-order valence-electron chi connectivity index (χ2n) is 5.64. The average molecular weight is 334 g/mol. The molecule has 1 atom stereocenters. The van der Waals surface area contributed by atoms with Crippen molar-refractivity contribution in [1.29, 1.82) is 0 Å². The second-order valence-corrected chi connectivity index (χ2v) is 5.64. The maximum atomic E-state index is 12.5. The number of amides is 1. The quantitative estimate of drug-likeness (QED) is 0.877. The molecule has 3 rings (SSSR count). The van der Waals surface area contributed by atoms with E-state index in [0.717, 1.165) is 12.1 Å². The van der Waals surface area contributed by atoms with Crippen LogP contribution in [0.25, 0.3) is 0 Å². The lowest BCUT2D eigenvalue weighted by Crippen LogP contribution is -2.47. The van der Waals surface area contributed by atoms with Crippen LogP contribution >= 0.6 is 0 Å². The number of carboxylic acids is 1. The Labute approximate surface area is 137 Å². The van der Waals surface area contributed by atoms with Crippen molar-refractivity contribution in [2.24, 2.45) is 0 Å². The van der Waals surface area contributed by atoms with E-state index in [4.69, 9.17) is 14.3 Å². The van der Waals surface area contributed by atoms with Crippen LogP contribution in [0.2, 0.25) is 0 Å². The summed E-state index contributed by atoms with van der Waals surface area (Å²) in [5, 5.41) is 13.2. The number of aryl methyl sites for hydroxylation is 2. The Balaban J connectivity index is 1.67. The van der Waals surface area contributed by atoms with E-state index >= 15 is 0 Å². The summed E-state index contributed by atoms with van der Waals surface area (Å²) in [6, 6.07) is 1.24. The summed E-state index contributed by atoms with van der Waals surface area (Å²) >= 11 is 0. The van der Waals surface area contributed by atoms with Gasteiger partial charge in [-0.25, -0.2) is 14.5 Å². The van der Waals surface area contributed by atoms with E-state index in [-0.39, 0.29) is 23.3 Å². The fourth-order valence-corrected chi connectivity index (χ4v) is 2.66. The Morgan fingerprint density at radius 2 is 2.21 bits per heavy atom. The van der Waals surface area contributed by atoms with E-state index in [9.17, 15) is 9.59 Å². The van der Waals surface area contributed by atoms with Crippen molar-refractivity contribution in [2.45, 2.75) is 26.5 Å². The smallest absolute Gasteiger partial charge is 0.338 e. The van der Waals surface area contributed by atoms with Crippen LogP contribution in [-0.2, 0) is 11.3 Å². The lowest BCUT2D eigenvalue weighted by molar-refractivity contribution is -0.0311. The van der Waals surface area contributed by atoms with Gasteiger partial charge >= 0.3 is 5.97 Å². The molecule has 0 aromatic carbocycles. The van der Waals surface area contributed by atoms with Crippen LogP contribution in [0, 0.1) is 13.8 Å². The van der Waals surface area contributed by atoms with Crippen LogP contribution in [0.3, 0.4) is 0 Å². The van der Waals surface area contributed by atoms with Crippen molar-refractivity contribution in [3.05, 3.63) is 35.3 Å². The van der Waals surface area contributed by atoms with Gasteiger partial charge in [0.1, 0.15) is 17.9 Å². The van der Waals surface area contributed by atoms with Crippen molar-refractivity contribution in [3.63, 3.8) is 0 Å². The first kappa shape index (κ1) is 16.2. The van der Waals surface area contributed by atoms with Crippen LogP contribution in [0.4, 0.5) is 0 Å². The van der Waals surface area contributed by atoms with Crippen LogP contribution in [0.15, 0.2) is 16.7 Å². The van der Waals surface area contributed by atoms with Gasteiger partial charge in [0.2, 0.25) is 0 Å². The Kier molecular flexibility index (Phi) is 4.34. The van der Waals surface area contributed by atoms with Crippen molar-refractivity contribution >= 4 is 11.9 Å². The lowest BCUT2D eigenvalue weighted by Gasteiger charge is -2.32. The zero-order chi connectivity index (χ0) is 17.3. The fourth-order valence-electron chi connectivity index (χ4n) is 2.66. The summed E-state index contributed by atoms with van der Waals surface area (Å²) < 4.78 is 12.5. The molecule has 0 aliphatic carbocycles. The molecule has 3 heterocycles. The van der Waals surface area contributed by atoms with Gasteiger partial charge < -0.3 is 19.2 Å². The number of aromatic nitrogens is 3. The van der Waals surface area contributed by atoms with Crippen LogP contribution < -0.4 is 0 Å². The van der Waals surface area contributed by atoms with Crippen molar-refractivity contribution in [3.8, 4) is 0 Å². The highest BCUT2D eigenvalue weighted by atomic mass is 16.5. The third kappa shape index (κ3) is 3.30. The molecule has 0 saturated carbocycles. The van der Waals surface area contributed by atoms with Crippen molar-refractivity contribution in [1.82, 2.24) is 19.7 Å². The SMILES string of the molecule is Cc1nc(C)n(CC2CN(C(=O)c3cc(C(=O)O)co3)CCO2)n1. The number of carbonyl (C=O) groups excluding carboxylic acids is 1. The number of carboxylic acid groups (broad SMARTS) is 1. The van der Waals surface area contributed by atoms with Crippen LogP contribution in [0.5, 0.6) is 0 Å². The zero-order valence-corrected chi connectivity index (χ0v) is 13.4. The minimum Gasteiger partial charge on any atom is -0.478 e. The summed E-state index contributed by atoms with van der Waals surface area (Å²) in [5.74, 6) is 0.0162. The maximum Gasteiger partial charge on any atom is 0.338 e. The molecule has 1 N–H and O–H groups in total. The van der Waals surface area contributed by atoms with E-state index < -0.39 is 5.97 Å². The molecule has 1 amide bonds. The summed E-state index contributed by atoms with van der Waals surface area (Å²) in [6.45, 7) is 5.37. The third-order valence-corrected chi connectivity index (χ3v) is 3.82. The van der Waals surface area contributed by atoms with E-state index in [1.54, 1.807) is 9.58 Å². The van der Waals surface area contributed by atoms with Gasteiger partial charge in [-0.05, 0) is 13.8 Å². The number of hydrogen-bond acceptors (Lipinski definition) is 6. The Morgan fingerprint density at radius 1 is 1.42 bits per heavy atom. The number of rotatable bonds is 4. The van der Waals surface area contributed by atoms with Crippen molar-refractivity contribution in [2.75, 3.05) is 19.7 Å². The lowest BCUT2D eigenvalue weighted by atomic mass is 10.2. The van der Waals surface area contributed by atoms with Gasteiger partial charge in [-0.1, -0.05) is 0 Å². The molecule has 128 valence electrons. The summed E-state index contributed by atoms with van der Waals surface area (Å²) in [4.78, 5) is 29.2. The first-order valence-corrected chi connectivity index (χ1v) is 7.55. The van der Waals surface area contributed by atoms with Gasteiger partial charge in [0.05, 0.1) is 24.8 Å². The molecular weight excluding hydrogens is 316 g/mol. The number of aromatic carboxylic acids is 1. The fraction of sp³-hybridized carbons (Fsp3) is 0.467. The molecule has 9 nitrogen and oxygen atoms in total. The van der Waals surface area contributed by atoms with Gasteiger partial charge in [-0.15, -0.1) is 0 Å². The molecule has 0 bridgehead atoms. The summed E-state index contributed by atoms with van der Waals surface area (Å²) in [6.07, 6.45) is 0.853. The largest absolute Gasteiger partial charge is 0.478 e. The number of ether oxygens (including phenoxy) is 1. The molecule has 2 aromatic heterocycles. The molecule has 9 heteroatoms. The maximum absolute atomic E-state index is 12.5. The third-order valence-electron chi connectivity index (χ3n) is 3.82. The second kappa shape index (κ2) is 6.44. The van der Waals surface area contributed by atoms with Crippen LogP contribution in [0.1, 0.15) is 32.6 Å². The Morgan fingerprint density at radius 3 is 2.83 bits per heavy atom. The van der Waals surface area contributed by atoms with Gasteiger partial charge in [0, 0.05) is 19.2 Å². The zero-order valence-electron chi connectivity index (χ0n) is 13.4. The minimum atomic E-state index is -1.13. The minimum absolute atomic E-state index is 0.0147. The number of nitrogens with zero attached hydrogens (tertiary/aromatic N) is 4. The summed E-state index contributed by atoms with van der Waals surface area (Å²) in [7, 11) is 0. The molecular formula is C15H18N4O5. The molecule has 24 heavy (non-hydrogen) atoms. The van der Waals surface area contributed by atoms with E-state index in [1.165, 1.54) is 6.07 Å². The number of hydrogen-bond donors (Lipinski definition) is 1. The van der Waals surface area contributed by atoms with Crippen LogP contribution in [-0.4, -0.2) is 62.4 Å². The van der Waals surface area contributed by atoms with Gasteiger partial charge in [-0.3, -0.25) is 4.79 Å². The predicted molar refractivity (Wildman–Crippen MR) is 80.8 cm³/mol.